The molecule has 0 aliphatic carbocycles. The molecule has 0 unspecified atom stereocenters. The molecule has 5 nitrogen and oxygen atoms in total. The summed E-state index contributed by atoms with van der Waals surface area (Å²) in [6.45, 7) is 4.09. The van der Waals surface area contributed by atoms with Gasteiger partial charge in [-0.3, -0.25) is 9.78 Å². The van der Waals surface area contributed by atoms with Crippen LogP contribution in [-0.2, 0) is 17.6 Å². The van der Waals surface area contributed by atoms with Crippen LogP contribution in [0.15, 0.2) is 54.6 Å². The average molecular weight is 430 g/mol. The quantitative estimate of drug-likeness (QED) is 0.546. The van der Waals surface area contributed by atoms with E-state index in [0.717, 1.165) is 61.8 Å². The van der Waals surface area contributed by atoms with Crippen molar-refractivity contribution in [3.05, 3.63) is 65.9 Å². The number of anilines is 1. The van der Waals surface area contributed by atoms with Gasteiger partial charge in [-0.15, -0.1) is 0 Å². The molecule has 1 saturated heterocycles. The number of aromatic nitrogens is 1. The molecule has 5 rings (SSSR count). The van der Waals surface area contributed by atoms with Gasteiger partial charge in [-0.25, -0.2) is 0 Å². The number of nitrogens with one attached hydrogen (secondary N) is 1. The van der Waals surface area contributed by atoms with Crippen molar-refractivity contribution in [3.63, 3.8) is 0 Å². The summed E-state index contributed by atoms with van der Waals surface area (Å²) in [5, 5.41) is 4.16. The Bertz CT molecular complexity index is 1090. The zero-order valence-electron chi connectivity index (χ0n) is 18.6. The highest BCUT2D eigenvalue weighted by atomic mass is 16.5. The fourth-order valence-corrected chi connectivity index (χ4v) is 4.85. The van der Waals surface area contributed by atoms with E-state index in [-0.39, 0.29) is 5.91 Å². The summed E-state index contributed by atoms with van der Waals surface area (Å²) in [7, 11) is 0. The summed E-state index contributed by atoms with van der Waals surface area (Å²) >= 11 is 0. The molecule has 1 aromatic heterocycles. The van der Waals surface area contributed by atoms with Crippen molar-refractivity contribution < 1.29 is 9.53 Å². The first-order valence-corrected chi connectivity index (χ1v) is 11.9. The Kier molecular flexibility index (Phi) is 6.35. The third-order valence-corrected chi connectivity index (χ3v) is 6.73. The van der Waals surface area contributed by atoms with Crippen molar-refractivity contribution in [2.24, 2.45) is 5.92 Å². The fraction of sp³-hybridized carbons (Fsp3) is 0.407. The van der Waals surface area contributed by atoms with Crippen LogP contribution in [-0.4, -0.2) is 42.0 Å². The van der Waals surface area contributed by atoms with Gasteiger partial charge in [0.15, 0.2) is 0 Å². The molecule has 1 amide bonds. The predicted molar refractivity (Wildman–Crippen MR) is 128 cm³/mol. The number of benzene rings is 2. The molecular weight excluding hydrogens is 398 g/mol. The second kappa shape index (κ2) is 9.70. The molecule has 1 fully saturated rings. The Balaban J connectivity index is 1.03. The number of hydrogen-bond donors (Lipinski definition) is 1. The van der Waals surface area contributed by atoms with Gasteiger partial charge in [-0.05, 0) is 74.9 Å². The summed E-state index contributed by atoms with van der Waals surface area (Å²) in [6.07, 6.45) is 5.95. The Hall–Kier alpha value is -2.92. The number of amides is 1. The summed E-state index contributed by atoms with van der Waals surface area (Å²) < 4.78 is 5.95. The number of pyridine rings is 1. The van der Waals surface area contributed by atoms with Gasteiger partial charge < -0.3 is 15.0 Å². The van der Waals surface area contributed by atoms with Crippen LogP contribution >= 0.6 is 0 Å². The van der Waals surface area contributed by atoms with Gasteiger partial charge in [-0.2, -0.15) is 0 Å². The lowest BCUT2D eigenvalue weighted by Gasteiger charge is -2.31. The minimum Gasteiger partial charge on any atom is -0.493 e. The Morgan fingerprint density at radius 3 is 2.81 bits per heavy atom. The maximum absolute atomic E-state index is 11.6. The van der Waals surface area contributed by atoms with E-state index in [9.17, 15) is 4.79 Å². The fourth-order valence-electron chi connectivity index (χ4n) is 4.85. The van der Waals surface area contributed by atoms with E-state index < -0.39 is 0 Å². The number of carbonyl (C=O) groups excluding carboxylic acids is 1. The molecule has 1 N–H and O–H groups in total. The minimum atomic E-state index is 0.0921. The maximum atomic E-state index is 11.6. The van der Waals surface area contributed by atoms with Crippen LogP contribution in [0.2, 0.25) is 0 Å². The van der Waals surface area contributed by atoms with Gasteiger partial charge in [0, 0.05) is 35.8 Å². The number of carbonyl (C=O) groups is 1. The monoisotopic (exact) mass is 429 g/mol. The van der Waals surface area contributed by atoms with Crippen molar-refractivity contribution in [1.82, 2.24) is 9.88 Å². The lowest BCUT2D eigenvalue weighted by molar-refractivity contribution is -0.116. The molecule has 3 aromatic rings. The molecule has 5 heteroatoms. The van der Waals surface area contributed by atoms with E-state index in [1.807, 2.05) is 12.1 Å². The van der Waals surface area contributed by atoms with Crippen LogP contribution in [0.25, 0.3) is 10.9 Å². The average Bonchev–Trinajstić information content (AvgIpc) is 2.82. The van der Waals surface area contributed by atoms with Crippen LogP contribution in [0.5, 0.6) is 5.75 Å². The third-order valence-electron chi connectivity index (χ3n) is 6.73. The van der Waals surface area contributed by atoms with E-state index in [0.29, 0.717) is 13.0 Å². The molecule has 0 saturated carbocycles. The zero-order chi connectivity index (χ0) is 21.8. The van der Waals surface area contributed by atoms with Gasteiger partial charge in [0.1, 0.15) is 5.75 Å². The van der Waals surface area contributed by atoms with Crippen molar-refractivity contribution in [2.75, 3.05) is 31.6 Å². The first kappa shape index (κ1) is 21.0. The molecular formula is C27H31N3O2. The molecule has 0 atom stereocenters. The largest absolute Gasteiger partial charge is 0.493 e. The number of likely N-dealkylation sites (tertiary alicyclic amines) is 1. The Morgan fingerprint density at radius 1 is 1.03 bits per heavy atom. The van der Waals surface area contributed by atoms with Crippen molar-refractivity contribution in [2.45, 2.75) is 38.5 Å². The number of para-hydroxylation sites is 1. The minimum absolute atomic E-state index is 0.0921. The molecule has 3 heterocycles. The van der Waals surface area contributed by atoms with Gasteiger partial charge in [0.2, 0.25) is 5.91 Å². The second-order valence-electron chi connectivity index (χ2n) is 9.05. The van der Waals surface area contributed by atoms with Gasteiger partial charge in [0.05, 0.1) is 12.1 Å². The smallest absolute Gasteiger partial charge is 0.224 e. The van der Waals surface area contributed by atoms with Gasteiger partial charge in [0.25, 0.3) is 0 Å². The van der Waals surface area contributed by atoms with E-state index >= 15 is 0 Å². The number of nitrogens with zero attached hydrogens (tertiary/aromatic N) is 2. The number of hydrogen-bond acceptors (Lipinski definition) is 4. The van der Waals surface area contributed by atoms with Crippen molar-refractivity contribution in [1.29, 1.82) is 0 Å². The second-order valence-corrected chi connectivity index (χ2v) is 9.05. The highest BCUT2D eigenvalue weighted by Gasteiger charge is 2.20. The van der Waals surface area contributed by atoms with Crippen LogP contribution in [0.3, 0.4) is 0 Å². The first-order valence-electron chi connectivity index (χ1n) is 11.9. The predicted octanol–water partition coefficient (Wildman–Crippen LogP) is 4.84. The van der Waals surface area contributed by atoms with Crippen LogP contribution < -0.4 is 10.1 Å². The normalized spacial score (nSPS) is 17.2. The lowest BCUT2D eigenvalue weighted by Crippen LogP contribution is -2.35. The van der Waals surface area contributed by atoms with E-state index in [1.165, 1.54) is 29.5 Å². The summed E-state index contributed by atoms with van der Waals surface area (Å²) in [4.78, 5) is 19.0. The summed E-state index contributed by atoms with van der Waals surface area (Å²) in [5.74, 6) is 1.66. The van der Waals surface area contributed by atoms with E-state index in [2.05, 4.69) is 52.7 Å². The maximum Gasteiger partial charge on any atom is 0.224 e. The number of aryl methyl sites for hydroxylation is 1. The zero-order valence-corrected chi connectivity index (χ0v) is 18.6. The molecule has 0 spiro atoms. The summed E-state index contributed by atoms with van der Waals surface area (Å²) in [6, 6.07) is 18.8. The Labute approximate surface area is 189 Å². The lowest BCUT2D eigenvalue weighted by atomic mass is 9.91. The summed E-state index contributed by atoms with van der Waals surface area (Å²) in [5.41, 5.74) is 4.42. The topological polar surface area (TPSA) is 54.5 Å². The van der Waals surface area contributed by atoms with E-state index in [4.69, 9.17) is 9.72 Å². The van der Waals surface area contributed by atoms with Crippen LogP contribution in [0.4, 0.5) is 5.69 Å². The highest BCUT2D eigenvalue weighted by molar-refractivity contribution is 5.94. The third kappa shape index (κ3) is 5.10. The number of piperidine rings is 1. The van der Waals surface area contributed by atoms with Crippen molar-refractivity contribution in [3.8, 4) is 5.75 Å². The molecule has 2 aromatic carbocycles. The number of ether oxygens (including phenoxy) is 1. The standard InChI is InChI=1S/C27H31N3O2/c31-27-11-8-22-7-10-24(19-26(22)29-27)32-17-3-14-30-15-12-20(13-16-30)18-23-9-6-21-4-1-2-5-25(21)28-23/h1-2,4-7,9-10,19-20H,3,8,11-18H2,(H,29,31). The van der Waals surface area contributed by atoms with Crippen molar-refractivity contribution >= 4 is 22.5 Å². The van der Waals surface area contributed by atoms with Gasteiger partial charge in [-0.1, -0.05) is 30.3 Å². The number of fused-ring (bicyclic) bond motifs is 2. The van der Waals surface area contributed by atoms with Crippen LogP contribution in [0.1, 0.15) is 36.9 Å². The molecule has 32 heavy (non-hydrogen) atoms. The van der Waals surface area contributed by atoms with Gasteiger partial charge >= 0.3 is 0 Å². The Morgan fingerprint density at radius 2 is 1.91 bits per heavy atom. The molecule has 0 radical (unpaired) electrons. The molecule has 2 aliphatic rings. The number of rotatable bonds is 7. The molecule has 0 bridgehead atoms. The van der Waals surface area contributed by atoms with Crippen LogP contribution in [0, 0.1) is 5.92 Å². The highest BCUT2D eigenvalue weighted by Crippen LogP contribution is 2.27. The molecule has 2 aliphatic heterocycles. The molecule has 166 valence electrons. The SMILES string of the molecule is O=C1CCc2ccc(OCCCN3CCC(Cc4ccc5ccccc5n4)CC3)cc2N1. The van der Waals surface area contributed by atoms with E-state index in [1.54, 1.807) is 0 Å². The first-order chi connectivity index (χ1) is 15.7.